The van der Waals surface area contributed by atoms with E-state index in [1.807, 2.05) is 12.1 Å². The second-order valence-corrected chi connectivity index (χ2v) is 5.70. The Bertz CT molecular complexity index is 761. The average molecular weight is 356 g/mol. The van der Waals surface area contributed by atoms with E-state index in [9.17, 15) is 9.59 Å². The van der Waals surface area contributed by atoms with Crippen LogP contribution in [-0.2, 0) is 4.79 Å². The highest BCUT2D eigenvalue weighted by Crippen LogP contribution is 2.25. The number of benzene rings is 1. The van der Waals surface area contributed by atoms with Crippen LogP contribution in [0, 0.1) is 0 Å². The lowest BCUT2D eigenvalue weighted by molar-refractivity contribution is -0.134. The molecule has 1 saturated heterocycles. The lowest BCUT2D eigenvalue weighted by Crippen LogP contribution is -2.51. The molecule has 2 aromatic rings. The van der Waals surface area contributed by atoms with Crippen LogP contribution >= 0.6 is 0 Å². The molecule has 1 aromatic carbocycles. The van der Waals surface area contributed by atoms with Crippen molar-refractivity contribution in [1.29, 1.82) is 0 Å². The van der Waals surface area contributed by atoms with Gasteiger partial charge in [-0.15, -0.1) is 0 Å². The summed E-state index contributed by atoms with van der Waals surface area (Å²) < 4.78 is 10.8. The van der Waals surface area contributed by atoms with E-state index in [2.05, 4.69) is 9.97 Å². The number of carbonyl (C=O) groups excluding carboxylic acids is 2. The predicted octanol–water partition coefficient (Wildman–Crippen LogP) is 0.849. The summed E-state index contributed by atoms with van der Waals surface area (Å²) in [6, 6.07) is 7.18. The summed E-state index contributed by atoms with van der Waals surface area (Å²) in [4.78, 5) is 36.0. The Morgan fingerprint density at radius 1 is 1.04 bits per heavy atom. The van der Waals surface area contributed by atoms with Crippen molar-refractivity contribution in [3.63, 3.8) is 0 Å². The zero-order valence-corrected chi connectivity index (χ0v) is 14.5. The maximum atomic E-state index is 12.4. The standard InChI is InChI=1S/C18H20N4O4/c1-25-15-4-2-3-5-16(15)26-13-17(23)21-8-10-22(11-9-21)18(24)14-12-19-6-7-20-14/h2-7,12H,8-11,13H2,1H3. The topological polar surface area (TPSA) is 84.9 Å². The summed E-state index contributed by atoms with van der Waals surface area (Å²) in [5, 5.41) is 0. The number of rotatable bonds is 5. The zero-order valence-electron chi connectivity index (χ0n) is 14.5. The third-order valence-corrected chi connectivity index (χ3v) is 4.12. The summed E-state index contributed by atoms with van der Waals surface area (Å²) in [6.45, 7) is 1.75. The van der Waals surface area contributed by atoms with Gasteiger partial charge in [-0.2, -0.15) is 0 Å². The minimum absolute atomic E-state index is 0.0710. The van der Waals surface area contributed by atoms with Crippen molar-refractivity contribution in [3.05, 3.63) is 48.5 Å². The number of hydrogen-bond donors (Lipinski definition) is 0. The lowest BCUT2D eigenvalue weighted by Gasteiger charge is -2.34. The molecule has 0 spiro atoms. The Labute approximate surface area is 151 Å². The zero-order chi connectivity index (χ0) is 18.4. The molecule has 1 aliphatic rings. The van der Waals surface area contributed by atoms with Gasteiger partial charge in [-0.05, 0) is 12.1 Å². The van der Waals surface area contributed by atoms with Crippen molar-refractivity contribution in [2.75, 3.05) is 39.9 Å². The maximum absolute atomic E-state index is 12.4. The highest BCUT2D eigenvalue weighted by molar-refractivity contribution is 5.92. The molecule has 8 heteroatoms. The largest absolute Gasteiger partial charge is 0.493 e. The summed E-state index contributed by atoms with van der Waals surface area (Å²) in [5.74, 6) is 0.817. The van der Waals surface area contributed by atoms with Gasteiger partial charge >= 0.3 is 0 Å². The second-order valence-electron chi connectivity index (χ2n) is 5.70. The van der Waals surface area contributed by atoms with Crippen LogP contribution in [0.1, 0.15) is 10.5 Å². The van der Waals surface area contributed by atoms with Crippen LogP contribution in [0.5, 0.6) is 11.5 Å². The van der Waals surface area contributed by atoms with Gasteiger partial charge in [0, 0.05) is 38.6 Å². The second kappa shape index (κ2) is 8.28. The van der Waals surface area contributed by atoms with E-state index >= 15 is 0 Å². The average Bonchev–Trinajstić information content (AvgIpc) is 2.72. The quantitative estimate of drug-likeness (QED) is 0.790. The predicted molar refractivity (Wildman–Crippen MR) is 93.0 cm³/mol. The number of carbonyl (C=O) groups is 2. The maximum Gasteiger partial charge on any atom is 0.274 e. The van der Waals surface area contributed by atoms with Gasteiger partial charge in [0.05, 0.1) is 13.3 Å². The number of aromatic nitrogens is 2. The highest BCUT2D eigenvalue weighted by Gasteiger charge is 2.25. The molecule has 0 bridgehead atoms. The Hall–Kier alpha value is -3.16. The van der Waals surface area contributed by atoms with Crippen LogP contribution in [0.4, 0.5) is 0 Å². The SMILES string of the molecule is COc1ccccc1OCC(=O)N1CCN(C(=O)c2cnccn2)CC1. The first kappa shape index (κ1) is 17.7. The molecule has 136 valence electrons. The third kappa shape index (κ3) is 4.08. The summed E-state index contributed by atoms with van der Waals surface area (Å²) in [5.41, 5.74) is 0.312. The molecule has 8 nitrogen and oxygen atoms in total. The van der Waals surface area contributed by atoms with E-state index in [-0.39, 0.29) is 18.4 Å². The molecule has 1 fully saturated rings. The number of amides is 2. The van der Waals surface area contributed by atoms with Gasteiger partial charge in [-0.1, -0.05) is 12.1 Å². The van der Waals surface area contributed by atoms with Crippen molar-refractivity contribution in [2.24, 2.45) is 0 Å². The van der Waals surface area contributed by atoms with E-state index in [1.54, 1.807) is 29.0 Å². The monoisotopic (exact) mass is 356 g/mol. The van der Waals surface area contributed by atoms with Crippen molar-refractivity contribution in [3.8, 4) is 11.5 Å². The number of methoxy groups -OCH3 is 1. The van der Waals surface area contributed by atoms with Crippen LogP contribution in [-0.4, -0.2) is 71.5 Å². The van der Waals surface area contributed by atoms with Gasteiger partial charge in [0.15, 0.2) is 18.1 Å². The fourth-order valence-electron chi connectivity index (χ4n) is 2.70. The molecule has 0 aliphatic carbocycles. The molecular formula is C18H20N4O4. The minimum Gasteiger partial charge on any atom is -0.493 e. The molecule has 26 heavy (non-hydrogen) atoms. The van der Waals surface area contributed by atoms with Crippen LogP contribution in [0.15, 0.2) is 42.9 Å². The summed E-state index contributed by atoms with van der Waals surface area (Å²) >= 11 is 0. The first-order chi connectivity index (χ1) is 12.7. The molecule has 0 N–H and O–H groups in total. The number of para-hydroxylation sites is 2. The molecule has 0 saturated carbocycles. The van der Waals surface area contributed by atoms with Crippen LogP contribution < -0.4 is 9.47 Å². The van der Waals surface area contributed by atoms with E-state index in [0.29, 0.717) is 43.4 Å². The smallest absolute Gasteiger partial charge is 0.274 e. The van der Waals surface area contributed by atoms with Crippen LogP contribution in [0.25, 0.3) is 0 Å². The number of nitrogens with zero attached hydrogens (tertiary/aromatic N) is 4. The number of ether oxygens (including phenoxy) is 2. The van der Waals surface area contributed by atoms with Gasteiger partial charge < -0.3 is 19.3 Å². The van der Waals surface area contributed by atoms with E-state index < -0.39 is 0 Å². The first-order valence-corrected chi connectivity index (χ1v) is 8.28. The number of hydrogen-bond acceptors (Lipinski definition) is 6. The van der Waals surface area contributed by atoms with E-state index in [4.69, 9.17) is 9.47 Å². The van der Waals surface area contributed by atoms with Gasteiger partial charge in [-0.3, -0.25) is 14.6 Å². The Kier molecular flexibility index (Phi) is 5.62. The van der Waals surface area contributed by atoms with Gasteiger partial charge in [0.25, 0.3) is 11.8 Å². The molecule has 1 aromatic heterocycles. The van der Waals surface area contributed by atoms with Crippen molar-refractivity contribution in [1.82, 2.24) is 19.8 Å². The summed E-state index contributed by atoms with van der Waals surface area (Å²) in [7, 11) is 1.55. The molecule has 2 heterocycles. The van der Waals surface area contributed by atoms with Crippen molar-refractivity contribution in [2.45, 2.75) is 0 Å². The van der Waals surface area contributed by atoms with E-state index in [1.165, 1.54) is 18.6 Å². The highest BCUT2D eigenvalue weighted by atomic mass is 16.5. The Balaban J connectivity index is 1.50. The van der Waals surface area contributed by atoms with E-state index in [0.717, 1.165) is 0 Å². The first-order valence-electron chi connectivity index (χ1n) is 8.28. The van der Waals surface area contributed by atoms with Crippen LogP contribution in [0.3, 0.4) is 0 Å². The minimum atomic E-state index is -0.171. The van der Waals surface area contributed by atoms with Crippen molar-refractivity contribution >= 4 is 11.8 Å². The molecule has 0 radical (unpaired) electrons. The summed E-state index contributed by atoms with van der Waals surface area (Å²) in [6.07, 6.45) is 4.46. The molecule has 0 atom stereocenters. The fraction of sp³-hybridized carbons (Fsp3) is 0.333. The Morgan fingerprint density at radius 2 is 1.73 bits per heavy atom. The van der Waals surface area contributed by atoms with Gasteiger partial charge in [-0.25, -0.2) is 4.98 Å². The molecule has 0 unspecified atom stereocenters. The number of piperazine rings is 1. The van der Waals surface area contributed by atoms with Crippen molar-refractivity contribution < 1.29 is 19.1 Å². The van der Waals surface area contributed by atoms with Gasteiger partial charge in [0.1, 0.15) is 5.69 Å². The Morgan fingerprint density at radius 3 is 2.38 bits per heavy atom. The normalized spacial score (nSPS) is 14.0. The third-order valence-electron chi connectivity index (χ3n) is 4.12. The molecule has 2 amide bonds. The van der Waals surface area contributed by atoms with Crippen LogP contribution in [0.2, 0.25) is 0 Å². The molecular weight excluding hydrogens is 336 g/mol. The fourth-order valence-corrected chi connectivity index (χ4v) is 2.70. The molecule has 1 aliphatic heterocycles. The lowest BCUT2D eigenvalue weighted by atomic mass is 10.2. The van der Waals surface area contributed by atoms with Gasteiger partial charge in [0.2, 0.25) is 0 Å². The molecule has 3 rings (SSSR count).